The fraction of sp³-hybridized carbons (Fsp3) is 0.667. The first-order valence-corrected chi connectivity index (χ1v) is 8.14. The van der Waals surface area contributed by atoms with Crippen LogP contribution >= 0.6 is 11.3 Å². The van der Waals surface area contributed by atoms with E-state index >= 15 is 0 Å². The summed E-state index contributed by atoms with van der Waals surface area (Å²) in [6.07, 6.45) is 6.12. The Morgan fingerprint density at radius 2 is 2.11 bits per heavy atom. The Morgan fingerprint density at radius 3 is 2.79 bits per heavy atom. The van der Waals surface area contributed by atoms with Gasteiger partial charge in [0.1, 0.15) is 0 Å². The van der Waals surface area contributed by atoms with Gasteiger partial charge < -0.3 is 10.0 Å². The van der Waals surface area contributed by atoms with Crippen molar-refractivity contribution in [3.05, 3.63) is 22.4 Å². The predicted molar refractivity (Wildman–Crippen MR) is 76.0 cm³/mol. The highest BCUT2D eigenvalue weighted by atomic mass is 32.1. The van der Waals surface area contributed by atoms with E-state index in [2.05, 4.69) is 0 Å². The van der Waals surface area contributed by atoms with Crippen molar-refractivity contribution in [2.24, 2.45) is 5.92 Å². The summed E-state index contributed by atoms with van der Waals surface area (Å²) in [7, 11) is 0. The molecule has 3 nitrogen and oxygen atoms in total. The molecule has 1 N–H and O–H groups in total. The molecule has 2 heterocycles. The van der Waals surface area contributed by atoms with E-state index in [9.17, 15) is 9.90 Å². The maximum Gasteiger partial charge on any atom is 0.223 e. The highest BCUT2D eigenvalue weighted by Crippen LogP contribution is 2.35. The number of rotatable bonds is 3. The predicted octanol–water partition coefficient (Wildman–Crippen LogP) is 2.96. The van der Waals surface area contributed by atoms with Gasteiger partial charge in [-0.2, -0.15) is 0 Å². The third kappa shape index (κ3) is 2.70. The molecule has 0 aromatic carbocycles. The number of hydrogen-bond donors (Lipinski definition) is 1. The molecule has 1 aromatic heterocycles. The van der Waals surface area contributed by atoms with Crippen LogP contribution in [0, 0.1) is 5.92 Å². The Kier molecular flexibility index (Phi) is 3.89. The number of carbonyl (C=O) groups excluding carboxylic acids is 1. The van der Waals surface area contributed by atoms with Gasteiger partial charge in [-0.3, -0.25) is 4.79 Å². The van der Waals surface area contributed by atoms with Gasteiger partial charge in [0.15, 0.2) is 0 Å². The lowest BCUT2D eigenvalue weighted by Crippen LogP contribution is -2.38. The van der Waals surface area contributed by atoms with Crippen LogP contribution in [-0.4, -0.2) is 28.5 Å². The summed E-state index contributed by atoms with van der Waals surface area (Å²) in [5.41, 5.74) is 0. The van der Waals surface area contributed by atoms with Crippen molar-refractivity contribution in [3.8, 4) is 0 Å². The van der Waals surface area contributed by atoms with Gasteiger partial charge in [-0.1, -0.05) is 25.3 Å². The zero-order valence-electron chi connectivity index (χ0n) is 11.1. The average molecular weight is 279 g/mol. The van der Waals surface area contributed by atoms with Crippen LogP contribution in [0.3, 0.4) is 0 Å². The first kappa shape index (κ1) is 13.1. The van der Waals surface area contributed by atoms with Gasteiger partial charge in [0.25, 0.3) is 0 Å². The van der Waals surface area contributed by atoms with Gasteiger partial charge in [-0.05, 0) is 24.3 Å². The molecule has 1 aliphatic carbocycles. The molecule has 4 heteroatoms. The van der Waals surface area contributed by atoms with Crippen molar-refractivity contribution in [2.45, 2.75) is 50.7 Å². The third-order valence-electron chi connectivity index (χ3n) is 4.49. The molecular weight excluding hydrogens is 258 g/mol. The molecule has 19 heavy (non-hydrogen) atoms. The summed E-state index contributed by atoms with van der Waals surface area (Å²) >= 11 is 1.58. The monoisotopic (exact) mass is 279 g/mol. The fourth-order valence-electron chi connectivity index (χ4n) is 3.41. The second-order valence-corrected chi connectivity index (χ2v) is 6.74. The van der Waals surface area contributed by atoms with Crippen molar-refractivity contribution in [3.63, 3.8) is 0 Å². The van der Waals surface area contributed by atoms with Crippen LogP contribution < -0.4 is 0 Å². The Balaban J connectivity index is 1.65. The number of hydrogen-bond acceptors (Lipinski definition) is 3. The summed E-state index contributed by atoms with van der Waals surface area (Å²) in [5, 5.41) is 12.4. The first-order valence-electron chi connectivity index (χ1n) is 7.26. The smallest absolute Gasteiger partial charge is 0.223 e. The van der Waals surface area contributed by atoms with E-state index in [4.69, 9.17) is 0 Å². The molecule has 0 radical (unpaired) electrons. The Hall–Kier alpha value is -0.870. The zero-order valence-corrected chi connectivity index (χ0v) is 11.9. The highest BCUT2D eigenvalue weighted by Gasteiger charge is 2.38. The molecular formula is C15H21NO2S. The molecule has 1 aromatic rings. The Morgan fingerprint density at radius 1 is 1.32 bits per heavy atom. The minimum atomic E-state index is -0.474. The van der Waals surface area contributed by atoms with Crippen LogP contribution in [0.25, 0.3) is 0 Å². The van der Waals surface area contributed by atoms with Crippen LogP contribution in [-0.2, 0) is 4.79 Å². The summed E-state index contributed by atoms with van der Waals surface area (Å²) in [6, 6.07) is 4.35. The lowest BCUT2D eigenvalue weighted by atomic mass is 9.94. The zero-order chi connectivity index (χ0) is 13.2. The van der Waals surface area contributed by atoms with Crippen molar-refractivity contribution in [2.75, 3.05) is 6.54 Å². The molecule has 1 saturated heterocycles. The van der Waals surface area contributed by atoms with E-state index in [1.807, 2.05) is 22.4 Å². The van der Waals surface area contributed by atoms with Crippen molar-refractivity contribution >= 4 is 17.2 Å². The van der Waals surface area contributed by atoms with Crippen LogP contribution in [0.4, 0.5) is 0 Å². The van der Waals surface area contributed by atoms with Crippen molar-refractivity contribution < 1.29 is 9.90 Å². The minimum Gasteiger partial charge on any atom is -0.387 e. The van der Waals surface area contributed by atoms with Crippen molar-refractivity contribution in [1.82, 2.24) is 4.90 Å². The molecule has 104 valence electrons. The molecule has 2 fully saturated rings. The summed E-state index contributed by atoms with van der Waals surface area (Å²) in [5.74, 6) is 0.320. The normalized spacial score (nSPS) is 26.9. The molecule has 1 aliphatic heterocycles. The van der Waals surface area contributed by atoms with Gasteiger partial charge in [0.05, 0.1) is 6.10 Å². The second-order valence-electron chi connectivity index (χ2n) is 5.76. The van der Waals surface area contributed by atoms with Crippen molar-refractivity contribution in [1.29, 1.82) is 0 Å². The lowest BCUT2D eigenvalue weighted by Gasteiger charge is -2.31. The molecule has 1 saturated carbocycles. The molecule has 1 amide bonds. The summed E-state index contributed by atoms with van der Waals surface area (Å²) < 4.78 is 0. The molecule has 3 rings (SSSR count). The van der Waals surface area contributed by atoms with Gasteiger partial charge in [0.2, 0.25) is 5.91 Å². The van der Waals surface area contributed by atoms with Gasteiger partial charge >= 0.3 is 0 Å². The van der Waals surface area contributed by atoms with Crippen LogP contribution in [0.5, 0.6) is 0 Å². The third-order valence-corrected chi connectivity index (χ3v) is 5.43. The topological polar surface area (TPSA) is 40.5 Å². The van der Waals surface area contributed by atoms with E-state index < -0.39 is 6.10 Å². The van der Waals surface area contributed by atoms with Crippen LogP contribution in [0.1, 0.15) is 49.5 Å². The van der Waals surface area contributed by atoms with Gasteiger partial charge in [-0.25, -0.2) is 0 Å². The Labute approximate surface area is 118 Å². The van der Waals surface area contributed by atoms with Crippen LogP contribution in [0.15, 0.2) is 17.5 Å². The number of carbonyl (C=O) groups is 1. The number of aliphatic hydroxyl groups excluding tert-OH is 1. The Bertz CT molecular complexity index is 425. The number of aliphatic hydroxyl groups is 1. The number of nitrogens with zero attached hydrogens (tertiary/aromatic N) is 1. The summed E-state index contributed by atoms with van der Waals surface area (Å²) in [4.78, 5) is 15.2. The number of thiophene rings is 1. The average Bonchev–Trinajstić information content (AvgIpc) is 3.08. The van der Waals surface area contributed by atoms with Gasteiger partial charge in [-0.15, -0.1) is 11.3 Å². The molecule has 2 unspecified atom stereocenters. The maximum absolute atomic E-state index is 12.2. The summed E-state index contributed by atoms with van der Waals surface area (Å²) in [6.45, 7) is 0.739. The van der Waals surface area contributed by atoms with E-state index in [1.165, 1.54) is 19.3 Å². The highest BCUT2D eigenvalue weighted by molar-refractivity contribution is 7.10. The molecule has 2 atom stereocenters. The second kappa shape index (κ2) is 5.63. The SMILES string of the molecule is O=C1CC(C(O)c2cccs2)CN1C1CCCCC1. The maximum atomic E-state index is 12.2. The lowest BCUT2D eigenvalue weighted by molar-refractivity contribution is -0.130. The van der Waals surface area contributed by atoms with E-state index in [1.54, 1.807) is 11.3 Å². The number of amides is 1. The fourth-order valence-corrected chi connectivity index (χ4v) is 4.21. The quantitative estimate of drug-likeness (QED) is 0.924. The minimum absolute atomic E-state index is 0.0769. The van der Waals surface area contributed by atoms with E-state index in [0.717, 1.165) is 24.3 Å². The first-order chi connectivity index (χ1) is 9.25. The molecule has 0 spiro atoms. The molecule has 2 aliphatic rings. The van der Waals surface area contributed by atoms with Gasteiger partial charge in [0, 0.05) is 29.8 Å². The van der Waals surface area contributed by atoms with Crippen LogP contribution in [0.2, 0.25) is 0 Å². The molecule has 0 bridgehead atoms. The largest absolute Gasteiger partial charge is 0.387 e. The van der Waals surface area contributed by atoms with E-state index in [-0.39, 0.29) is 11.8 Å². The van der Waals surface area contributed by atoms with E-state index in [0.29, 0.717) is 12.5 Å². The number of likely N-dealkylation sites (tertiary alicyclic amines) is 1. The standard InChI is InChI=1S/C15H21NO2S/c17-14-9-11(15(18)13-7-4-8-19-13)10-16(14)12-5-2-1-3-6-12/h4,7-8,11-12,15,18H,1-3,5-6,9-10H2.